The number of ether oxygens (including phenoxy) is 1. The number of aromatic nitrogens is 3. The van der Waals surface area contributed by atoms with Gasteiger partial charge in [0.25, 0.3) is 0 Å². The molecular weight excluding hydrogens is 298 g/mol. The fourth-order valence-electron chi connectivity index (χ4n) is 1.76. The average Bonchev–Trinajstić information content (AvgIpc) is 2.71. The average molecular weight is 314 g/mol. The summed E-state index contributed by atoms with van der Waals surface area (Å²) >= 11 is 6.05. The summed E-state index contributed by atoms with van der Waals surface area (Å²) in [5, 5.41) is 8.49. The normalized spacial score (nSPS) is 12.4. The van der Waals surface area contributed by atoms with E-state index in [4.69, 9.17) is 16.3 Å². The van der Waals surface area contributed by atoms with Crippen LogP contribution in [0.3, 0.4) is 0 Å². The number of benzene rings is 1. The van der Waals surface area contributed by atoms with Crippen molar-refractivity contribution in [1.29, 1.82) is 0 Å². The maximum atomic E-state index is 12.2. The Bertz CT molecular complexity index is 643. The number of rotatable bonds is 5. The molecule has 2 rings (SSSR count). The van der Waals surface area contributed by atoms with Crippen molar-refractivity contribution < 1.29 is 8.95 Å². The molecule has 0 saturated heterocycles. The molecule has 0 bridgehead atoms. The number of methoxy groups -OCH3 is 1. The molecule has 7 heteroatoms. The van der Waals surface area contributed by atoms with Gasteiger partial charge in [-0.25, -0.2) is 0 Å². The van der Waals surface area contributed by atoms with Gasteiger partial charge >= 0.3 is 0 Å². The van der Waals surface area contributed by atoms with E-state index in [2.05, 4.69) is 10.2 Å². The second-order valence-corrected chi connectivity index (χ2v) is 6.28. The standard InChI is InChI=1S/C13H16ClN3O2S/c1-9-15-16-13(17(9)2)8-20(18)7-10-4-5-12(19-3)11(14)6-10/h4-6H,7-8H2,1-3H3/t20-/m1/s1. The molecule has 2 aromatic rings. The Balaban J connectivity index is 2.05. The molecular formula is C13H16ClN3O2S. The van der Waals surface area contributed by atoms with Crippen molar-refractivity contribution in [3.05, 3.63) is 40.4 Å². The van der Waals surface area contributed by atoms with Gasteiger partial charge in [-0.1, -0.05) is 17.7 Å². The zero-order valence-electron chi connectivity index (χ0n) is 11.6. The number of hydrogen-bond donors (Lipinski definition) is 0. The van der Waals surface area contributed by atoms with Gasteiger partial charge in [0.1, 0.15) is 17.4 Å². The summed E-state index contributed by atoms with van der Waals surface area (Å²) in [5.74, 6) is 2.95. The van der Waals surface area contributed by atoms with Crippen LogP contribution in [0.4, 0.5) is 0 Å². The van der Waals surface area contributed by atoms with E-state index in [-0.39, 0.29) is 0 Å². The molecule has 1 aromatic carbocycles. The van der Waals surface area contributed by atoms with Crippen molar-refractivity contribution in [2.45, 2.75) is 18.4 Å². The lowest BCUT2D eigenvalue weighted by Gasteiger charge is -2.06. The molecule has 0 amide bonds. The summed E-state index contributed by atoms with van der Waals surface area (Å²) in [4.78, 5) is 0. The van der Waals surface area contributed by atoms with Gasteiger partial charge < -0.3 is 9.30 Å². The minimum absolute atomic E-state index is 0.376. The lowest BCUT2D eigenvalue weighted by molar-refractivity contribution is 0.415. The van der Waals surface area contributed by atoms with Gasteiger partial charge in [0.15, 0.2) is 0 Å². The lowest BCUT2D eigenvalue weighted by atomic mass is 10.2. The van der Waals surface area contributed by atoms with E-state index in [9.17, 15) is 4.21 Å². The molecule has 108 valence electrons. The molecule has 0 aliphatic carbocycles. The van der Waals surface area contributed by atoms with Crippen molar-refractivity contribution in [1.82, 2.24) is 14.8 Å². The van der Waals surface area contributed by atoms with Crippen LogP contribution in [0.2, 0.25) is 5.02 Å². The summed E-state index contributed by atoms with van der Waals surface area (Å²) in [6.07, 6.45) is 0. The third-order valence-corrected chi connectivity index (χ3v) is 4.55. The van der Waals surface area contributed by atoms with Crippen LogP contribution < -0.4 is 4.74 Å². The van der Waals surface area contributed by atoms with Crippen LogP contribution in [0.15, 0.2) is 18.2 Å². The molecule has 0 spiro atoms. The van der Waals surface area contributed by atoms with Crippen LogP contribution in [0.5, 0.6) is 5.75 Å². The molecule has 1 aromatic heterocycles. The van der Waals surface area contributed by atoms with Crippen LogP contribution in [0.25, 0.3) is 0 Å². The van der Waals surface area contributed by atoms with E-state index in [1.54, 1.807) is 19.2 Å². The van der Waals surface area contributed by atoms with Crippen molar-refractivity contribution >= 4 is 22.4 Å². The molecule has 0 aliphatic heterocycles. The molecule has 0 unspecified atom stereocenters. The Morgan fingerprint density at radius 1 is 1.35 bits per heavy atom. The SMILES string of the molecule is COc1ccc(C[S@@](=O)Cc2nnc(C)n2C)cc1Cl. The van der Waals surface area contributed by atoms with E-state index in [0.717, 1.165) is 17.2 Å². The van der Waals surface area contributed by atoms with Crippen LogP contribution in [0, 0.1) is 6.92 Å². The fraction of sp³-hybridized carbons (Fsp3) is 0.385. The van der Waals surface area contributed by atoms with Crippen molar-refractivity contribution in [3.8, 4) is 5.75 Å². The molecule has 0 N–H and O–H groups in total. The van der Waals surface area contributed by atoms with E-state index in [0.29, 0.717) is 22.3 Å². The lowest BCUT2D eigenvalue weighted by Crippen LogP contribution is -2.06. The molecule has 1 atom stereocenters. The maximum Gasteiger partial charge on any atom is 0.145 e. The summed E-state index contributed by atoms with van der Waals surface area (Å²) in [6, 6.07) is 5.42. The predicted molar refractivity (Wildman–Crippen MR) is 79.3 cm³/mol. The minimum Gasteiger partial charge on any atom is -0.495 e. The molecule has 5 nitrogen and oxygen atoms in total. The maximum absolute atomic E-state index is 12.2. The first kappa shape index (κ1) is 15.0. The molecule has 0 aliphatic rings. The smallest absolute Gasteiger partial charge is 0.145 e. The Hall–Kier alpha value is -1.40. The quantitative estimate of drug-likeness (QED) is 0.849. The molecule has 20 heavy (non-hydrogen) atoms. The van der Waals surface area contributed by atoms with Crippen molar-refractivity contribution in [2.24, 2.45) is 7.05 Å². The number of nitrogens with zero attached hydrogens (tertiary/aromatic N) is 3. The molecule has 1 heterocycles. The minimum atomic E-state index is -1.06. The van der Waals surface area contributed by atoms with Crippen LogP contribution in [-0.4, -0.2) is 26.1 Å². The highest BCUT2D eigenvalue weighted by atomic mass is 35.5. The van der Waals surface area contributed by atoms with E-state index < -0.39 is 10.8 Å². The fourth-order valence-corrected chi connectivity index (χ4v) is 3.23. The van der Waals surface area contributed by atoms with E-state index in [1.807, 2.05) is 24.6 Å². The Kier molecular flexibility index (Phi) is 4.77. The van der Waals surface area contributed by atoms with Crippen LogP contribution in [-0.2, 0) is 29.4 Å². The Labute approximate surface area is 125 Å². The van der Waals surface area contributed by atoms with Gasteiger partial charge in [0.05, 0.1) is 17.9 Å². The van der Waals surface area contributed by atoms with Gasteiger partial charge in [-0.05, 0) is 24.6 Å². The summed E-state index contributed by atoms with van der Waals surface area (Å²) < 4.78 is 19.1. The first-order valence-corrected chi connectivity index (χ1v) is 7.90. The van der Waals surface area contributed by atoms with Gasteiger partial charge in [-0.2, -0.15) is 0 Å². The number of halogens is 1. The van der Waals surface area contributed by atoms with Crippen LogP contribution in [0.1, 0.15) is 17.2 Å². The second-order valence-electron chi connectivity index (χ2n) is 4.42. The van der Waals surface area contributed by atoms with Gasteiger partial charge in [-0.3, -0.25) is 4.21 Å². The molecule has 0 fully saturated rings. The highest BCUT2D eigenvalue weighted by Crippen LogP contribution is 2.25. The third-order valence-electron chi connectivity index (χ3n) is 3.02. The Morgan fingerprint density at radius 3 is 2.65 bits per heavy atom. The van der Waals surface area contributed by atoms with Crippen molar-refractivity contribution in [3.63, 3.8) is 0 Å². The zero-order chi connectivity index (χ0) is 14.7. The molecule has 0 saturated carbocycles. The van der Waals surface area contributed by atoms with E-state index in [1.165, 1.54) is 0 Å². The van der Waals surface area contributed by atoms with Gasteiger partial charge in [-0.15, -0.1) is 10.2 Å². The zero-order valence-corrected chi connectivity index (χ0v) is 13.2. The first-order chi connectivity index (χ1) is 9.51. The summed E-state index contributed by atoms with van der Waals surface area (Å²) in [6.45, 7) is 1.86. The number of aryl methyl sites for hydroxylation is 1. The highest BCUT2D eigenvalue weighted by molar-refractivity contribution is 7.83. The summed E-state index contributed by atoms with van der Waals surface area (Å²) in [7, 11) is 2.37. The predicted octanol–water partition coefficient (Wildman–Crippen LogP) is 2.23. The van der Waals surface area contributed by atoms with Gasteiger partial charge in [0.2, 0.25) is 0 Å². The first-order valence-electron chi connectivity index (χ1n) is 6.03. The topological polar surface area (TPSA) is 57.0 Å². The highest BCUT2D eigenvalue weighted by Gasteiger charge is 2.11. The van der Waals surface area contributed by atoms with E-state index >= 15 is 0 Å². The number of hydrogen-bond acceptors (Lipinski definition) is 4. The third kappa shape index (κ3) is 3.37. The van der Waals surface area contributed by atoms with Gasteiger partial charge in [0, 0.05) is 23.6 Å². The molecule has 0 radical (unpaired) electrons. The Morgan fingerprint density at radius 2 is 2.10 bits per heavy atom. The second kappa shape index (κ2) is 6.37. The summed E-state index contributed by atoms with van der Waals surface area (Å²) in [5.41, 5.74) is 0.910. The largest absolute Gasteiger partial charge is 0.495 e. The van der Waals surface area contributed by atoms with Crippen LogP contribution >= 0.6 is 11.6 Å². The van der Waals surface area contributed by atoms with Crippen molar-refractivity contribution in [2.75, 3.05) is 7.11 Å². The monoisotopic (exact) mass is 313 g/mol.